The number of hydrogen-bond donors (Lipinski definition) is 1. The molecule has 0 radical (unpaired) electrons. The van der Waals surface area contributed by atoms with Gasteiger partial charge in [0.15, 0.2) is 9.84 Å². The van der Waals surface area contributed by atoms with Gasteiger partial charge in [-0.1, -0.05) is 0 Å². The molecule has 23 heavy (non-hydrogen) atoms. The number of carbonyl (C=O) groups is 1. The number of sulfone groups is 1. The average molecular weight is 340 g/mol. The first-order valence-corrected chi connectivity index (χ1v) is 9.60. The van der Waals surface area contributed by atoms with Crippen LogP contribution in [-0.2, 0) is 14.6 Å². The first-order chi connectivity index (χ1) is 10.9. The molecule has 6 nitrogen and oxygen atoms in total. The molecule has 128 valence electrons. The molecule has 2 rings (SSSR count). The van der Waals surface area contributed by atoms with Crippen LogP contribution in [0.25, 0.3) is 0 Å². The average Bonchev–Trinajstić information content (AvgIpc) is 2.88. The fourth-order valence-corrected chi connectivity index (χ4v) is 4.59. The first kappa shape index (κ1) is 17.6. The van der Waals surface area contributed by atoms with Crippen LogP contribution < -0.4 is 10.1 Å². The van der Waals surface area contributed by atoms with Crippen molar-refractivity contribution < 1.29 is 17.9 Å². The van der Waals surface area contributed by atoms with E-state index >= 15 is 0 Å². The van der Waals surface area contributed by atoms with E-state index in [9.17, 15) is 13.2 Å². The van der Waals surface area contributed by atoms with Crippen molar-refractivity contribution in [2.45, 2.75) is 32.4 Å². The summed E-state index contributed by atoms with van der Waals surface area (Å²) in [5.74, 6) is 0.912. The SMILES string of the molecule is CCN(C(=O)[C@@H](C)Nc1ccc(OC)cc1)[C@@H]1CCS(=O)(=O)C1. The molecule has 2 atom stereocenters. The van der Waals surface area contributed by atoms with Gasteiger partial charge in [0.2, 0.25) is 5.91 Å². The van der Waals surface area contributed by atoms with Gasteiger partial charge in [0.25, 0.3) is 0 Å². The highest BCUT2D eigenvalue weighted by Crippen LogP contribution is 2.20. The number of amides is 1. The topological polar surface area (TPSA) is 75.7 Å². The van der Waals surface area contributed by atoms with Crippen LogP contribution in [0.15, 0.2) is 24.3 Å². The molecule has 1 aromatic rings. The van der Waals surface area contributed by atoms with E-state index in [4.69, 9.17) is 4.74 Å². The van der Waals surface area contributed by atoms with Crippen LogP contribution in [0.3, 0.4) is 0 Å². The zero-order chi connectivity index (χ0) is 17.0. The van der Waals surface area contributed by atoms with Gasteiger partial charge < -0.3 is 15.0 Å². The summed E-state index contributed by atoms with van der Waals surface area (Å²) in [6.07, 6.45) is 0.525. The second kappa shape index (κ2) is 7.21. The van der Waals surface area contributed by atoms with Crippen molar-refractivity contribution in [1.29, 1.82) is 0 Å². The molecule has 1 heterocycles. The molecule has 0 saturated carbocycles. The summed E-state index contributed by atoms with van der Waals surface area (Å²) in [4.78, 5) is 14.3. The Kier molecular flexibility index (Phi) is 5.51. The van der Waals surface area contributed by atoms with Crippen molar-refractivity contribution in [2.24, 2.45) is 0 Å². The van der Waals surface area contributed by atoms with Gasteiger partial charge in [0, 0.05) is 18.3 Å². The molecular weight excluding hydrogens is 316 g/mol. The Bertz CT molecular complexity index is 643. The van der Waals surface area contributed by atoms with Crippen LogP contribution in [0.1, 0.15) is 20.3 Å². The number of hydrogen-bond acceptors (Lipinski definition) is 5. The van der Waals surface area contributed by atoms with Crippen molar-refractivity contribution in [1.82, 2.24) is 4.90 Å². The third-order valence-electron chi connectivity index (χ3n) is 4.12. The molecule has 1 fully saturated rings. The van der Waals surface area contributed by atoms with Gasteiger partial charge in [-0.3, -0.25) is 4.79 Å². The van der Waals surface area contributed by atoms with E-state index in [-0.39, 0.29) is 23.5 Å². The normalized spacial score (nSPS) is 20.7. The summed E-state index contributed by atoms with van der Waals surface area (Å²) >= 11 is 0. The number of methoxy groups -OCH3 is 1. The molecular formula is C16H24N2O4S. The van der Waals surface area contributed by atoms with Gasteiger partial charge in [-0.2, -0.15) is 0 Å². The minimum atomic E-state index is -3.00. The van der Waals surface area contributed by atoms with Gasteiger partial charge >= 0.3 is 0 Å². The van der Waals surface area contributed by atoms with E-state index in [0.717, 1.165) is 11.4 Å². The van der Waals surface area contributed by atoms with Gasteiger partial charge in [-0.15, -0.1) is 0 Å². The fourth-order valence-electron chi connectivity index (χ4n) is 2.86. The summed E-state index contributed by atoms with van der Waals surface area (Å²) < 4.78 is 28.4. The highest BCUT2D eigenvalue weighted by molar-refractivity contribution is 7.91. The summed E-state index contributed by atoms with van der Waals surface area (Å²) in [6, 6.07) is 6.70. The quantitative estimate of drug-likeness (QED) is 0.850. The molecule has 1 aliphatic heterocycles. The van der Waals surface area contributed by atoms with E-state index in [1.165, 1.54) is 0 Å². The lowest BCUT2D eigenvalue weighted by Crippen LogP contribution is -2.47. The van der Waals surface area contributed by atoms with E-state index in [1.807, 2.05) is 31.2 Å². The maximum Gasteiger partial charge on any atom is 0.245 e. The summed E-state index contributed by atoms with van der Waals surface area (Å²) in [6.45, 7) is 4.18. The standard InChI is InChI=1S/C16H24N2O4S/c1-4-18(14-9-10-23(20,21)11-14)16(19)12(2)17-13-5-7-15(22-3)8-6-13/h5-8,12,14,17H,4,9-11H2,1-3H3/t12-,14-/m1/s1. The van der Waals surface area contributed by atoms with Crippen molar-refractivity contribution in [2.75, 3.05) is 30.5 Å². The molecule has 0 unspecified atom stereocenters. The number of nitrogens with one attached hydrogen (secondary N) is 1. The lowest BCUT2D eigenvalue weighted by atomic mass is 10.1. The Morgan fingerprint density at radius 1 is 1.39 bits per heavy atom. The number of rotatable bonds is 6. The third kappa shape index (κ3) is 4.37. The molecule has 0 spiro atoms. The number of likely N-dealkylation sites (N-methyl/N-ethyl adjacent to an activating group) is 1. The number of nitrogens with zero attached hydrogens (tertiary/aromatic N) is 1. The molecule has 7 heteroatoms. The Morgan fingerprint density at radius 2 is 2.04 bits per heavy atom. The monoisotopic (exact) mass is 340 g/mol. The molecule has 1 aromatic carbocycles. The van der Waals surface area contributed by atoms with Crippen LogP contribution in [0.5, 0.6) is 5.75 Å². The lowest BCUT2D eigenvalue weighted by molar-refractivity contribution is -0.133. The molecule has 1 N–H and O–H groups in total. The van der Waals surface area contributed by atoms with E-state index in [0.29, 0.717) is 13.0 Å². The maximum atomic E-state index is 12.6. The number of ether oxygens (including phenoxy) is 1. The second-order valence-electron chi connectivity index (χ2n) is 5.78. The highest BCUT2D eigenvalue weighted by Gasteiger charge is 2.35. The zero-order valence-electron chi connectivity index (χ0n) is 13.8. The van der Waals surface area contributed by atoms with E-state index in [1.54, 1.807) is 18.9 Å². The molecule has 1 aliphatic rings. The van der Waals surface area contributed by atoms with Gasteiger partial charge in [-0.25, -0.2) is 8.42 Å². The number of benzene rings is 1. The Balaban J connectivity index is 2.01. The number of carbonyl (C=O) groups excluding carboxylic acids is 1. The van der Waals surface area contributed by atoms with Gasteiger partial charge in [-0.05, 0) is 44.5 Å². The molecule has 0 aliphatic carbocycles. The van der Waals surface area contributed by atoms with Crippen molar-refractivity contribution in [3.63, 3.8) is 0 Å². The molecule has 1 amide bonds. The Hall–Kier alpha value is -1.76. The van der Waals surface area contributed by atoms with Crippen LogP contribution >= 0.6 is 0 Å². The van der Waals surface area contributed by atoms with Crippen molar-refractivity contribution in [3.8, 4) is 5.75 Å². The van der Waals surface area contributed by atoms with Gasteiger partial charge in [0.1, 0.15) is 11.8 Å². The summed E-state index contributed by atoms with van der Waals surface area (Å²) in [7, 11) is -1.40. The van der Waals surface area contributed by atoms with E-state index < -0.39 is 15.9 Å². The Labute approximate surface area is 137 Å². The number of anilines is 1. The summed E-state index contributed by atoms with van der Waals surface area (Å²) in [5.41, 5.74) is 0.821. The van der Waals surface area contributed by atoms with E-state index in [2.05, 4.69) is 5.32 Å². The predicted octanol–water partition coefficient (Wildman–Crippen LogP) is 1.53. The van der Waals surface area contributed by atoms with Gasteiger partial charge in [0.05, 0.1) is 18.6 Å². The second-order valence-corrected chi connectivity index (χ2v) is 8.00. The van der Waals surface area contributed by atoms with Crippen molar-refractivity contribution in [3.05, 3.63) is 24.3 Å². The van der Waals surface area contributed by atoms with Crippen LogP contribution in [-0.4, -0.2) is 56.5 Å². The smallest absolute Gasteiger partial charge is 0.245 e. The fraction of sp³-hybridized carbons (Fsp3) is 0.562. The molecule has 1 saturated heterocycles. The van der Waals surface area contributed by atoms with Crippen molar-refractivity contribution >= 4 is 21.4 Å². The maximum absolute atomic E-state index is 12.6. The molecule has 0 bridgehead atoms. The van der Waals surface area contributed by atoms with Crippen LogP contribution in [0.4, 0.5) is 5.69 Å². The van der Waals surface area contributed by atoms with Crippen LogP contribution in [0.2, 0.25) is 0 Å². The highest BCUT2D eigenvalue weighted by atomic mass is 32.2. The zero-order valence-corrected chi connectivity index (χ0v) is 14.6. The third-order valence-corrected chi connectivity index (χ3v) is 5.87. The minimum Gasteiger partial charge on any atom is -0.497 e. The molecule has 0 aromatic heterocycles. The lowest BCUT2D eigenvalue weighted by Gasteiger charge is -2.30. The first-order valence-electron chi connectivity index (χ1n) is 7.77. The largest absolute Gasteiger partial charge is 0.497 e. The minimum absolute atomic E-state index is 0.0713. The van der Waals surface area contributed by atoms with Crippen LogP contribution in [0, 0.1) is 0 Å². The summed E-state index contributed by atoms with van der Waals surface area (Å²) in [5, 5.41) is 3.16. The Morgan fingerprint density at radius 3 is 2.52 bits per heavy atom. The predicted molar refractivity (Wildman–Crippen MR) is 90.5 cm³/mol.